The third kappa shape index (κ3) is 5.69. The van der Waals surface area contributed by atoms with Crippen molar-refractivity contribution in [2.75, 3.05) is 19.8 Å². The Bertz CT molecular complexity index is 1550. The third-order valence-electron chi connectivity index (χ3n) is 6.54. The molecule has 9 heteroatoms. The number of hydrogen-bond acceptors (Lipinski definition) is 4. The fourth-order valence-corrected chi connectivity index (χ4v) is 4.40. The van der Waals surface area contributed by atoms with Crippen molar-refractivity contribution in [3.63, 3.8) is 0 Å². The fourth-order valence-electron chi connectivity index (χ4n) is 4.40. The molecule has 0 unspecified atom stereocenters. The van der Waals surface area contributed by atoms with Crippen LogP contribution in [-0.2, 0) is 9.47 Å². The molecule has 1 fully saturated rings. The molecule has 1 saturated heterocycles. The first-order valence-electron chi connectivity index (χ1n) is 12.3. The lowest BCUT2D eigenvalue weighted by atomic mass is 9.99. The van der Waals surface area contributed by atoms with E-state index in [0.29, 0.717) is 5.56 Å². The van der Waals surface area contributed by atoms with E-state index in [9.17, 15) is 22.0 Å². The first-order valence-corrected chi connectivity index (χ1v) is 12.3. The van der Waals surface area contributed by atoms with Crippen molar-refractivity contribution in [3.8, 4) is 34.1 Å². The quantitative estimate of drug-likeness (QED) is 0.231. The first-order chi connectivity index (χ1) is 19.2. The average molecular weight is 552 g/mol. The average Bonchev–Trinajstić information content (AvgIpc) is 2.93. The second-order valence-electron chi connectivity index (χ2n) is 9.48. The van der Waals surface area contributed by atoms with Gasteiger partial charge in [-0.15, -0.1) is 0 Å². The number of rotatable bonds is 6. The van der Waals surface area contributed by atoms with Gasteiger partial charge < -0.3 is 14.2 Å². The van der Waals surface area contributed by atoms with Gasteiger partial charge in [0.1, 0.15) is 29.1 Å². The molecule has 4 aromatic carbocycles. The van der Waals surface area contributed by atoms with Crippen molar-refractivity contribution in [2.45, 2.75) is 13.2 Å². The van der Waals surface area contributed by atoms with Gasteiger partial charge >= 0.3 is 0 Å². The molecule has 0 aliphatic carbocycles. The molecule has 5 rings (SSSR count). The van der Waals surface area contributed by atoms with Crippen molar-refractivity contribution in [1.82, 2.24) is 0 Å². The Morgan fingerprint density at radius 2 is 1.32 bits per heavy atom. The van der Waals surface area contributed by atoms with E-state index in [-0.39, 0.29) is 36.5 Å². The molecule has 0 N–H and O–H groups in total. The molecule has 1 aliphatic heterocycles. The maximum absolute atomic E-state index is 14.9. The van der Waals surface area contributed by atoms with Crippen molar-refractivity contribution in [3.05, 3.63) is 113 Å². The Labute approximate surface area is 227 Å². The number of nitrogens with zero attached hydrogens (tertiary/aromatic N) is 1. The lowest BCUT2D eigenvalue weighted by Crippen LogP contribution is -2.31. The predicted molar refractivity (Wildman–Crippen MR) is 137 cm³/mol. The van der Waals surface area contributed by atoms with Gasteiger partial charge in [0.2, 0.25) is 0 Å². The summed E-state index contributed by atoms with van der Waals surface area (Å²) in [5.41, 5.74) is 1.92. The highest BCUT2D eigenvalue weighted by molar-refractivity contribution is 5.71. The zero-order chi connectivity index (χ0) is 28.4. The topological polar surface area (TPSA) is 51.5 Å². The van der Waals surface area contributed by atoms with Crippen LogP contribution in [0.15, 0.2) is 66.7 Å². The van der Waals surface area contributed by atoms with Gasteiger partial charge in [-0.05, 0) is 53.9 Å². The molecule has 0 amide bonds. The van der Waals surface area contributed by atoms with E-state index < -0.39 is 52.6 Å². The molecule has 204 valence electrons. The Hall–Kier alpha value is -4.26. The lowest BCUT2D eigenvalue weighted by molar-refractivity contribution is -0.209. The Morgan fingerprint density at radius 3 is 1.90 bits per heavy atom. The van der Waals surface area contributed by atoms with E-state index in [4.69, 9.17) is 19.5 Å². The number of hydrogen-bond donors (Lipinski definition) is 0. The largest absolute Gasteiger partial charge is 0.487 e. The summed E-state index contributed by atoms with van der Waals surface area (Å²) in [7, 11) is 0. The Morgan fingerprint density at radius 1 is 0.750 bits per heavy atom. The SMILES string of the molecule is Cc1ccc(-c2ccc(-c3cc(F)c(OCC4COC(c5cc(F)c(C#N)c(F)c5)OC4)c(F)c3)c(F)c2)cc1. The molecule has 0 spiro atoms. The van der Waals surface area contributed by atoms with Gasteiger partial charge in [-0.3, -0.25) is 0 Å². The van der Waals surface area contributed by atoms with Gasteiger partial charge in [-0.2, -0.15) is 5.26 Å². The van der Waals surface area contributed by atoms with Crippen LogP contribution in [0.3, 0.4) is 0 Å². The molecule has 4 aromatic rings. The minimum absolute atomic E-state index is 0.0179. The van der Waals surface area contributed by atoms with Gasteiger partial charge in [0.15, 0.2) is 23.7 Å². The third-order valence-corrected chi connectivity index (χ3v) is 6.54. The summed E-state index contributed by atoms with van der Waals surface area (Å²) in [5.74, 6) is -5.77. The van der Waals surface area contributed by atoms with Crippen LogP contribution in [0.1, 0.15) is 23.0 Å². The van der Waals surface area contributed by atoms with E-state index in [1.54, 1.807) is 6.07 Å². The van der Waals surface area contributed by atoms with Crippen molar-refractivity contribution >= 4 is 0 Å². The number of halogens is 5. The Kier molecular flexibility index (Phi) is 7.83. The van der Waals surface area contributed by atoms with Crippen molar-refractivity contribution < 1.29 is 36.2 Å². The molecule has 0 bridgehead atoms. The molecule has 40 heavy (non-hydrogen) atoms. The summed E-state index contributed by atoms with van der Waals surface area (Å²) in [6.45, 7) is 1.82. The zero-order valence-corrected chi connectivity index (χ0v) is 21.2. The molecular weight excluding hydrogens is 529 g/mol. The van der Waals surface area contributed by atoms with Crippen LogP contribution in [-0.4, -0.2) is 19.8 Å². The maximum atomic E-state index is 14.9. The van der Waals surface area contributed by atoms with E-state index >= 15 is 0 Å². The molecule has 1 heterocycles. The van der Waals surface area contributed by atoms with E-state index in [1.807, 2.05) is 31.2 Å². The van der Waals surface area contributed by atoms with Crippen LogP contribution in [0.4, 0.5) is 22.0 Å². The number of aryl methyl sites for hydroxylation is 1. The molecule has 1 aliphatic rings. The summed E-state index contributed by atoms with van der Waals surface area (Å²) in [5, 5.41) is 8.79. The fraction of sp³-hybridized carbons (Fsp3) is 0.194. The van der Waals surface area contributed by atoms with E-state index in [1.165, 1.54) is 18.2 Å². The smallest absolute Gasteiger partial charge is 0.190 e. The predicted octanol–water partition coefficient (Wildman–Crippen LogP) is 7.64. The second-order valence-corrected chi connectivity index (χ2v) is 9.48. The normalized spacial score (nSPS) is 16.9. The first kappa shape index (κ1) is 27.3. The molecule has 0 aromatic heterocycles. The van der Waals surface area contributed by atoms with Crippen LogP contribution in [0.5, 0.6) is 5.75 Å². The Balaban J connectivity index is 1.23. The van der Waals surface area contributed by atoms with Gasteiger partial charge in [0.05, 0.1) is 19.8 Å². The summed E-state index contributed by atoms with van der Waals surface area (Å²) in [4.78, 5) is 0. The minimum atomic E-state index is -1.08. The summed E-state index contributed by atoms with van der Waals surface area (Å²) < 4.78 is 88.8. The van der Waals surface area contributed by atoms with Crippen molar-refractivity contribution in [1.29, 1.82) is 5.26 Å². The molecule has 0 atom stereocenters. The van der Waals surface area contributed by atoms with Crippen LogP contribution in [0, 0.1) is 53.3 Å². The highest BCUT2D eigenvalue weighted by Gasteiger charge is 2.27. The van der Waals surface area contributed by atoms with Crippen LogP contribution >= 0.6 is 0 Å². The highest BCUT2D eigenvalue weighted by atomic mass is 19.1. The second kappa shape index (κ2) is 11.5. The molecule has 0 radical (unpaired) electrons. The van der Waals surface area contributed by atoms with Gasteiger partial charge in [0.25, 0.3) is 0 Å². The van der Waals surface area contributed by atoms with Crippen molar-refractivity contribution in [2.24, 2.45) is 5.92 Å². The van der Waals surface area contributed by atoms with Crippen LogP contribution < -0.4 is 4.74 Å². The minimum Gasteiger partial charge on any atom is -0.487 e. The zero-order valence-electron chi connectivity index (χ0n) is 21.2. The number of benzene rings is 4. The maximum Gasteiger partial charge on any atom is 0.190 e. The monoisotopic (exact) mass is 551 g/mol. The van der Waals surface area contributed by atoms with E-state index in [2.05, 4.69) is 0 Å². The number of nitriles is 1. The van der Waals surface area contributed by atoms with Crippen LogP contribution in [0.2, 0.25) is 0 Å². The molecular formula is C31H22F5NO3. The standard InChI is InChI=1S/C31H22F5NO3/c1-17-2-4-19(5-3-17)20-6-7-23(25(32)8-20)21-9-28(35)30(29(36)10-21)38-14-18-15-39-31(40-16-18)22-11-26(33)24(13-37)27(34)12-22/h2-12,18,31H,14-16H2,1H3. The van der Waals surface area contributed by atoms with Gasteiger partial charge in [-0.1, -0.05) is 42.0 Å². The molecule has 4 nitrogen and oxygen atoms in total. The highest BCUT2D eigenvalue weighted by Crippen LogP contribution is 2.34. The molecule has 0 saturated carbocycles. The summed E-state index contributed by atoms with van der Waals surface area (Å²) >= 11 is 0. The summed E-state index contributed by atoms with van der Waals surface area (Å²) in [6.07, 6.45) is -1.08. The lowest BCUT2D eigenvalue weighted by Gasteiger charge is -2.29. The van der Waals surface area contributed by atoms with Gasteiger partial charge in [0, 0.05) is 17.0 Å². The number of ether oxygens (including phenoxy) is 3. The van der Waals surface area contributed by atoms with Crippen LogP contribution in [0.25, 0.3) is 22.3 Å². The van der Waals surface area contributed by atoms with Gasteiger partial charge in [-0.25, -0.2) is 22.0 Å². The summed E-state index contributed by atoms with van der Waals surface area (Å²) in [6, 6.07) is 17.4. The van der Waals surface area contributed by atoms with E-state index in [0.717, 1.165) is 35.4 Å².